The summed E-state index contributed by atoms with van der Waals surface area (Å²) < 4.78 is 1.96. The summed E-state index contributed by atoms with van der Waals surface area (Å²) in [6.45, 7) is 0. The average molecular weight is 713 g/mol. The van der Waals surface area contributed by atoms with Gasteiger partial charge in [-0.2, -0.15) is 0 Å². The number of fused-ring (bicyclic) bond motifs is 1. The first-order valence-corrected chi connectivity index (χ1v) is 13.2. The number of halogens is 2. The SMILES string of the molecule is O=C(Nc1cccc(I)c1)c1ccc(N2C(=O)c3ccc(C(=O)Nc4cccc(I)c4)cc3C2=O)cc1. The van der Waals surface area contributed by atoms with E-state index in [0.717, 1.165) is 12.0 Å². The standard InChI is InChI=1S/C28H17I2N3O4/c29-18-3-1-5-20(14-18)31-25(34)16-7-10-22(11-8-16)33-27(36)23-12-9-17(13-24(23)28(33)37)26(35)32-21-6-2-4-19(30)15-21/h1-15H,(H,31,34)(H,32,35). The van der Waals surface area contributed by atoms with E-state index in [9.17, 15) is 19.2 Å². The molecule has 0 spiro atoms. The van der Waals surface area contributed by atoms with Crippen molar-refractivity contribution in [3.05, 3.63) is 120 Å². The highest BCUT2D eigenvalue weighted by Crippen LogP contribution is 2.30. The minimum absolute atomic E-state index is 0.154. The van der Waals surface area contributed by atoms with Crippen LogP contribution in [0.2, 0.25) is 0 Å². The third-order valence-corrected chi connectivity index (χ3v) is 7.04. The maximum Gasteiger partial charge on any atom is 0.266 e. The highest BCUT2D eigenvalue weighted by molar-refractivity contribution is 14.1. The van der Waals surface area contributed by atoms with E-state index >= 15 is 0 Å². The van der Waals surface area contributed by atoms with Crippen molar-refractivity contribution in [2.45, 2.75) is 0 Å². The van der Waals surface area contributed by atoms with E-state index in [2.05, 4.69) is 55.8 Å². The molecule has 0 fully saturated rings. The minimum atomic E-state index is -0.528. The van der Waals surface area contributed by atoms with Gasteiger partial charge in [0.2, 0.25) is 0 Å². The lowest BCUT2D eigenvalue weighted by atomic mass is 10.1. The summed E-state index contributed by atoms with van der Waals surface area (Å²) in [6, 6.07) is 25.4. The van der Waals surface area contributed by atoms with Crippen molar-refractivity contribution in [1.82, 2.24) is 0 Å². The summed E-state index contributed by atoms with van der Waals surface area (Å²) in [4.78, 5) is 52.6. The molecule has 0 saturated carbocycles. The van der Waals surface area contributed by atoms with Crippen LogP contribution in [-0.4, -0.2) is 23.6 Å². The van der Waals surface area contributed by atoms with Crippen molar-refractivity contribution in [2.24, 2.45) is 0 Å². The van der Waals surface area contributed by atoms with E-state index in [-0.39, 0.29) is 28.5 Å². The summed E-state index contributed by atoms with van der Waals surface area (Å²) in [5.74, 6) is -1.70. The summed E-state index contributed by atoms with van der Waals surface area (Å²) in [6.07, 6.45) is 0. The molecule has 0 atom stereocenters. The normalized spacial score (nSPS) is 12.3. The first-order chi connectivity index (χ1) is 17.8. The summed E-state index contributed by atoms with van der Waals surface area (Å²) in [5.41, 5.74) is 2.66. The lowest BCUT2D eigenvalue weighted by molar-refractivity contribution is 0.0924. The van der Waals surface area contributed by atoms with Gasteiger partial charge in [-0.05, 0) is 124 Å². The molecule has 37 heavy (non-hydrogen) atoms. The van der Waals surface area contributed by atoms with Crippen LogP contribution < -0.4 is 15.5 Å². The number of hydrogen-bond donors (Lipinski definition) is 2. The summed E-state index contributed by atoms with van der Waals surface area (Å²) in [5, 5.41) is 5.63. The number of carbonyl (C=O) groups excluding carboxylic acids is 4. The van der Waals surface area contributed by atoms with Gasteiger partial charge in [-0.3, -0.25) is 19.2 Å². The van der Waals surface area contributed by atoms with Crippen LogP contribution in [0.4, 0.5) is 17.1 Å². The molecule has 0 aliphatic carbocycles. The second kappa shape index (κ2) is 10.4. The topological polar surface area (TPSA) is 95.6 Å². The maximum absolute atomic E-state index is 13.2. The molecular formula is C28H17I2N3O4. The molecule has 4 amide bonds. The smallest absolute Gasteiger partial charge is 0.266 e. The summed E-state index contributed by atoms with van der Waals surface area (Å²) >= 11 is 4.32. The molecule has 0 bridgehead atoms. The first kappa shape index (κ1) is 25.1. The Kier molecular flexibility index (Phi) is 7.07. The number of hydrogen-bond acceptors (Lipinski definition) is 4. The molecule has 1 aliphatic heterocycles. The van der Waals surface area contributed by atoms with Crippen molar-refractivity contribution < 1.29 is 19.2 Å². The largest absolute Gasteiger partial charge is 0.322 e. The average Bonchev–Trinajstić information content (AvgIpc) is 3.13. The van der Waals surface area contributed by atoms with E-state index < -0.39 is 11.8 Å². The third kappa shape index (κ3) is 5.27. The number of amides is 4. The maximum atomic E-state index is 13.2. The number of nitrogens with zero attached hydrogens (tertiary/aromatic N) is 1. The van der Waals surface area contributed by atoms with Gasteiger partial charge in [0.25, 0.3) is 23.6 Å². The lowest BCUT2D eigenvalue weighted by Crippen LogP contribution is -2.29. The number of nitrogens with one attached hydrogen (secondary N) is 2. The zero-order valence-electron chi connectivity index (χ0n) is 19.0. The van der Waals surface area contributed by atoms with Crippen molar-refractivity contribution in [3.8, 4) is 0 Å². The van der Waals surface area contributed by atoms with Gasteiger partial charge < -0.3 is 10.6 Å². The van der Waals surface area contributed by atoms with E-state index in [0.29, 0.717) is 22.6 Å². The van der Waals surface area contributed by atoms with Crippen LogP contribution in [-0.2, 0) is 0 Å². The van der Waals surface area contributed by atoms with Gasteiger partial charge in [0, 0.05) is 29.6 Å². The molecule has 7 nitrogen and oxygen atoms in total. The zero-order valence-corrected chi connectivity index (χ0v) is 23.3. The van der Waals surface area contributed by atoms with E-state index in [1.165, 1.54) is 18.2 Å². The first-order valence-electron chi connectivity index (χ1n) is 11.1. The Labute approximate surface area is 239 Å². The molecule has 1 heterocycles. The van der Waals surface area contributed by atoms with Crippen LogP contribution in [0.15, 0.2) is 91.0 Å². The van der Waals surface area contributed by atoms with Gasteiger partial charge in [-0.25, -0.2) is 4.90 Å². The Bertz CT molecular complexity index is 1580. The molecule has 0 saturated heterocycles. The monoisotopic (exact) mass is 713 g/mol. The molecule has 9 heteroatoms. The predicted octanol–water partition coefficient (Wildman–Crippen LogP) is 6.20. The van der Waals surface area contributed by atoms with Crippen molar-refractivity contribution >= 4 is 85.9 Å². The quantitative estimate of drug-likeness (QED) is 0.190. The molecule has 0 unspecified atom stereocenters. The highest BCUT2D eigenvalue weighted by Gasteiger charge is 2.37. The number of imide groups is 1. The molecule has 5 rings (SSSR count). The van der Waals surface area contributed by atoms with Crippen molar-refractivity contribution in [3.63, 3.8) is 0 Å². The fraction of sp³-hybridized carbons (Fsp3) is 0. The van der Waals surface area contributed by atoms with Gasteiger partial charge in [0.05, 0.1) is 16.8 Å². The number of benzene rings is 4. The van der Waals surface area contributed by atoms with Crippen molar-refractivity contribution in [2.75, 3.05) is 15.5 Å². The number of carbonyl (C=O) groups is 4. The van der Waals surface area contributed by atoms with Gasteiger partial charge in [-0.1, -0.05) is 12.1 Å². The molecule has 4 aromatic carbocycles. The molecule has 182 valence electrons. The predicted molar refractivity (Wildman–Crippen MR) is 158 cm³/mol. The van der Waals surface area contributed by atoms with Gasteiger partial charge >= 0.3 is 0 Å². The second-order valence-electron chi connectivity index (χ2n) is 8.18. The fourth-order valence-electron chi connectivity index (χ4n) is 3.92. The molecule has 1 aliphatic rings. The van der Waals surface area contributed by atoms with Gasteiger partial charge in [-0.15, -0.1) is 0 Å². The molecule has 0 radical (unpaired) electrons. The van der Waals surface area contributed by atoms with E-state index in [1.54, 1.807) is 36.4 Å². The zero-order chi connectivity index (χ0) is 26.1. The molecule has 0 aromatic heterocycles. The Morgan fingerprint density at radius 1 is 0.595 bits per heavy atom. The molecule has 2 N–H and O–H groups in total. The van der Waals surface area contributed by atoms with Crippen molar-refractivity contribution in [1.29, 1.82) is 0 Å². The molecule has 4 aromatic rings. The van der Waals surface area contributed by atoms with E-state index in [1.807, 2.05) is 36.4 Å². The fourth-order valence-corrected chi connectivity index (χ4v) is 5.00. The van der Waals surface area contributed by atoms with Crippen LogP contribution >= 0.6 is 45.2 Å². The van der Waals surface area contributed by atoms with Crippen LogP contribution in [0.3, 0.4) is 0 Å². The number of rotatable bonds is 5. The van der Waals surface area contributed by atoms with Crippen LogP contribution in [0.5, 0.6) is 0 Å². The van der Waals surface area contributed by atoms with Crippen LogP contribution in [0, 0.1) is 7.14 Å². The highest BCUT2D eigenvalue weighted by atomic mass is 127. The van der Waals surface area contributed by atoms with Gasteiger partial charge in [0.1, 0.15) is 0 Å². The van der Waals surface area contributed by atoms with Crippen LogP contribution in [0.25, 0.3) is 0 Å². The third-order valence-electron chi connectivity index (χ3n) is 5.70. The summed E-state index contributed by atoms with van der Waals surface area (Å²) in [7, 11) is 0. The second-order valence-corrected chi connectivity index (χ2v) is 10.7. The Morgan fingerprint density at radius 3 is 1.68 bits per heavy atom. The lowest BCUT2D eigenvalue weighted by Gasteiger charge is -2.14. The van der Waals surface area contributed by atoms with Crippen LogP contribution in [0.1, 0.15) is 41.4 Å². The molecular weight excluding hydrogens is 696 g/mol. The Morgan fingerprint density at radius 2 is 1.11 bits per heavy atom. The Balaban J connectivity index is 1.33. The Hall–Kier alpha value is -3.58. The minimum Gasteiger partial charge on any atom is -0.322 e. The van der Waals surface area contributed by atoms with E-state index in [4.69, 9.17) is 0 Å². The van der Waals surface area contributed by atoms with Gasteiger partial charge in [0.15, 0.2) is 0 Å². The number of anilines is 3.